The fraction of sp³-hybridized carbons (Fsp3) is 0.200. The summed E-state index contributed by atoms with van der Waals surface area (Å²) >= 11 is 0. The Balaban J connectivity index is 0.00000192. The Bertz CT molecular complexity index is 1290. The maximum Gasteiger partial charge on any atom is 0.206 e. The molecule has 8 heteroatoms. The van der Waals surface area contributed by atoms with E-state index >= 15 is 0 Å². The third-order valence-corrected chi connectivity index (χ3v) is 6.84. The van der Waals surface area contributed by atoms with Crippen LogP contribution < -0.4 is 10.1 Å². The van der Waals surface area contributed by atoms with E-state index < -0.39 is 9.84 Å². The second kappa shape index (κ2) is 6.84. The van der Waals surface area contributed by atoms with Crippen molar-refractivity contribution in [2.45, 2.75) is 22.8 Å². The predicted molar refractivity (Wildman–Crippen MR) is 109 cm³/mol. The molecule has 0 unspecified atom stereocenters. The molecule has 0 saturated carbocycles. The molecule has 2 aromatic heterocycles. The lowest BCUT2D eigenvalue weighted by Gasteiger charge is -2.11. The van der Waals surface area contributed by atoms with E-state index in [4.69, 9.17) is 9.15 Å². The Hall–Kier alpha value is -2.48. The van der Waals surface area contributed by atoms with Gasteiger partial charge in [0, 0.05) is 53.6 Å². The van der Waals surface area contributed by atoms with E-state index in [1.165, 1.54) is 7.11 Å². The number of rotatable bonds is 3. The van der Waals surface area contributed by atoms with E-state index in [2.05, 4.69) is 10.3 Å². The first-order valence-electron chi connectivity index (χ1n) is 8.73. The van der Waals surface area contributed by atoms with Crippen LogP contribution in [0.1, 0.15) is 11.3 Å². The number of benzene rings is 2. The Kier molecular flexibility index (Phi) is 4.61. The van der Waals surface area contributed by atoms with Gasteiger partial charge >= 0.3 is 0 Å². The number of fused-ring (bicyclic) bond motifs is 4. The molecule has 146 valence electrons. The minimum absolute atomic E-state index is 0. The van der Waals surface area contributed by atoms with Crippen LogP contribution in [0.5, 0.6) is 5.75 Å². The molecule has 0 fully saturated rings. The molecule has 1 aliphatic heterocycles. The van der Waals surface area contributed by atoms with Gasteiger partial charge in [-0.15, -0.1) is 12.4 Å². The summed E-state index contributed by atoms with van der Waals surface area (Å²) in [7, 11) is -2.17. The zero-order valence-electron chi connectivity index (χ0n) is 15.1. The second-order valence-corrected chi connectivity index (χ2v) is 8.61. The molecule has 28 heavy (non-hydrogen) atoms. The summed E-state index contributed by atoms with van der Waals surface area (Å²) in [5, 5.41) is 4.96. The van der Waals surface area contributed by atoms with E-state index in [9.17, 15) is 8.42 Å². The van der Waals surface area contributed by atoms with E-state index in [0.717, 1.165) is 40.6 Å². The molecular formula is C20H19ClN2O4S. The lowest BCUT2D eigenvalue weighted by Crippen LogP contribution is -2.22. The zero-order chi connectivity index (χ0) is 18.6. The fourth-order valence-electron chi connectivity index (χ4n) is 3.69. The number of hydrogen-bond acceptors (Lipinski definition) is 5. The van der Waals surface area contributed by atoms with E-state index in [0.29, 0.717) is 17.9 Å². The highest BCUT2D eigenvalue weighted by Crippen LogP contribution is 2.38. The Morgan fingerprint density at radius 1 is 1.11 bits per heavy atom. The van der Waals surface area contributed by atoms with Gasteiger partial charge in [0.15, 0.2) is 11.3 Å². The van der Waals surface area contributed by atoms with Crippen LogP contribution in [0.15, 0.2) is 56.8 Å². The van der Waals surface area contributed by atoms with Crippen LogP contribution in [-0.4, -0.2) is 27.1 Å². The summed E-state index contributed by atoms with van der Waals surface area (Å²) in [6.07, 6.45) is 2.57. The third-order valence-electron chi connectivity index (χ3n) is 5.11. The van der Waals surface area contributed by atoms with Crippen LogP contribution in [0.2, 0.25) is 0 Å². The van der Waals surface area contributed by atoms with Gasteiger partial charge in [-0.1, -0.05) is 0 Å². The monoisotopic (exact) mass is 418 g/mol. The zero-order valence-corrected chi connectivity index (χ0v) is 16.7. The molecule has 0 saturated heterocycles. The van der Waals surface area contributed by atoms with Crippen LogP contribution in [0.4, 0.5) is 0 Å². The maximum atomic E-state index is 13.3. The van der Waals surface area contributed by atoms with Crippen LogP contribution in [0.25, 0.3) is 21.9 Å². The van der Waals surface area contributed by atoms with Crippen molar-refractivity contribution in [2.24, 2.45) is 0 Å². The first kappa shape index (κ1) is 18.9. The highest BCUT2D eigenvalue weighted by molar-refractivity contribution is 7.91. The average Bonchev–Trinajstić information content (AvgIpc) is 3.30. The fourth-order valence-corrected chi connectivity index (χ4v) is 5.03. The first-order valence-corrected chi connectivity index (χ1v) is 10.2. The molecule has 0 radical (unpaired) electrons. The molecule has 0 bridgehead atoms. The molecule has 0 spiro atoms. The minimum atomic E-state index is -3.69. The maximum absolute atomic E-state index is 13.3. The Morgan fingerprint density at radius 3 is 2.79 bits per heavy atom. The van der Waals surface area contributed by atoms with Crippen molar-refractivity contribution in [1.82, 2.24) is 10.3 Å². The summed E-state index contributed by atoms with van der Waals surface area (Å²) in [5.41, 5.74) is 2.51. The first-order chi connectivity index (χ1) is 13.1. The highest BCUT2D eigenvalue weighted by atomic mass is 35.5. The summed E-state index contributed by atoms with van der Waals surface area (Å²) in [4.78, 5) is 3.54. The number of halogens is 1. The minimum Gasteiger partial charge on any atom is -0.493 e. The van der Waals surface area contributed by atoms with Crippen molar-refractivity contribution >= 4 is 44.1 Å². The number of aromatic amines is 1. The lowest BCUT2D eigenvalue weighted by molar-refractivity contribution is 0.404. The number of furan rings is 1. The molecule has 4 aromatic rings. The smallest absolute Gasteiger partial charge is 0.206 e. The van der Waals surface area contributed by atoms with Gasteiger partial charge in [-0.25, -0.2) is 8.42 Å². The van der Waals surface area contributed by atoms with Crippen molar-refractivity contribution in [1.29, 1.82) is 0 Å². The van der Waals surface area contributed by atoms with Gasteiger partial charge in [0.2, 0.25) is 9.84 Å². The molecule has 3 heterocycles. The van der Waals surface area contributed by atoms with E-state index in [-0.39, 0.29) is 22.2 Å². The largest absolute Gasteiger partial charge is 0.493 e. The Morgan fingerprint density at radius 2 is 1.96 bits per heavy atom. The van der Waals surface area contributed by atoms with Crippen molar-refractivity contribution < 1.29 is 17.6 Å². The van der Waals surface area contributed by atoms with Crippen LogP contribution >= 0.6 is 12.4 Å². The van der Waals surface area contributed by atoms with Gasteiger partial charge < -0.3 is 19.5 Å². The van der Waals surface area contributed by atoms with Crippen molar-refractivity contribution in [3.05, 3.63) is 53.9 Å². The molecule has 0 amide bonds. The molecule has 1 aliphatic rings. The molecule has 2 aromatic carbocycles. The second-order valence-electron chi connectivity index (χ2n) is 6.66. The van der Waals surface area contributed by atoms with Gasteiger partial charge in [0.1, 0.15) is 5.76 Å². The van der Waals surface area contributed by atoms with Gasteiger partial charge in [-0.05, 0) is 30.3 Å². The molecule has 6 nitrogen and oxygen atoms in total. The number of ether oxygens (including phenoxy) is 1. The van der Waals surface area contributed by atoms with Gasteiger partial charge in [0.05, 0.1) is 16.9 Å². The number of H-pyrrole nitrogens is 1. The number of hydrogen-bond donors (Lipinski definition) is 2. The van der Waals surface area contributed by atoms with Crippen molar-refractivity contribution in [2.75, 3.05) is 13.7 Å². The molecule has 5 rings (SSSR count). The van der Waals surface area contributed by atoms with Crippen molar-refractivity contribution in [3.8, 4) is 5.75 Å². The highest BCUT2D eigenvalue weighted by Gasteiger charge is 2.25. The van der Waals surface area contributed by atoms with Gasteiger partial charge in [0.25, 0.3) is 0 Å². The third kappa shape index (κ3) is 2.78. The quantitative estimate of drug-likeness (QED) is 0.528. The van der Waals surface area contributed by atoms with Gasteiger partial charge in [-0.3, -0.25) is 0 Å². The lowest BCUT2D eigenvalue weighted by atomic mass is 10.1. The van der Waals surface area contributed by atoms with Crippen LogP contribution in [-0.2, 0) is 22.8 Å². The van der Waals surface area contributed by atoms with Crippen molar-refractivity contribution in [3.63, 3.8) is 0 Å². The summed E-state index contributed by atoms with van der Waals surface area (Å²) in [5.74, 6) is 1.33. The number of nitrogens with one attached hydrogen (secondary N) is 2. The normalized spacial score (nSPS) is 14.0. The number of sulfone groups is 1. The Labute approximate surface area is 168 Å². The van der Waals surface area contributed by atoms with Gasteiger partial charge in [-0.2, -0.15) is 0 Å². The van der Waals surface area contributed by atoms with E-state index in [1.807, 2.05) is 6.07 Å². The SMILES string of the molecule is COc1cc(S(=O)(=O)c2ccc3[nH]ccc3c2)cc2c3c(oc12)CCNC3.Cl. The molecular weight excluding hydrogens is 400 g/mol. The molecule has 2 N–H and O–H groups in total. The predicted octanol–water partition coefficient (Wildman–Crippen LogP) is 3.82. The van der Waals surface area contributed by atoms with Crippen LogP contribution in [0, 0.1) is 0 Å². The summed E-state index contributed by atoms with van der Waals surface area (Å²) in [6.45, 7) is 1.50. The summed E-state index contributed by atoms with van der Waals surface area (Å²) in [6, 6.07) is 10.2. The number of methoxy groups -OCH3 is 1. The molecule has 0 aliphatic carbocycles. The topological polar surface area (TPSA) is 84.3 Å². The number of aromatic nitrogens is 1. The standard InChI is InChI=1S/C20H18N2O4S.ClH/c1-25-19-10-14(9-15-16-11-21-6-5-18(16)26-20(15)19)27(23,24)13-2-3-17-12(8-13)4-7-22-17;/h2-4,7-10,21-22H,5-6,11H2,1H3;1H. The molecule has 0 atom stereocenters. The van der Waals surface area contributed by atoms with E-state index in [1.54, 1.807) is 36.5 Å². The average molecular weight is 419 g/mol. The van der Waals surface area contributed by atoms with Crippen LogP contribution in [0.3, 0.4) is 0 Å². The summed E-state index contributed by atoms with van der Waals surface area (Å²) < 4.78 is 38.0.